The zero-order valence-corrected chi connectivity index (χ0v) is 6.94. The average Bonchev–Trinajstić information content (AvgIpc) is 1.87. The van der Waals surface area contributed by atoms with E-state index in [-0.39, 0.29) is 0 Å². The molecule has 0 amide bonds. The minimum absolute atomic E-state index is 0.608. The Bertz CT molecular complexity index is 78.1. The molecule has 0 saturated carbocycles. The fraction of sp³-hybridized carbons (Fsp3) is 0.600. The summed E-state index contributed by atoms with van der Waals surface area (Å²) in [6, 6.07) is 0. The first-order valence-electron chi connectivity index (χ1n) is 2.25. The van der Waals surface area contributed by atoms with Crippen LogP contribution in [0.5, 0.6) is 0 Å². The third-order valence-corrected chi connectivity index (χ3v) is 2.34. The monoisotopic (exact) mass is 224 g/mol. The molecule has 0 aromatic heterocycles. The van der Waals surface area contributed by atoms with Gasteiger partial charge < -0.3 is 0 Å². The molecule has 0 aromatic rings. The van der Waals surface area contributed by atoms with E-state index < -0.39 is 0 Å². The smallest absolute Gasteiger partial charge is 0.0339 e. The van der Waals surface area contributed by atoms with Crippen LogP contribution in [-0.4, -0.2) is 9.65 Å². The predicted molar refractivity (Wildman–Crippen MR) is 39.2 cm³/mol. The number of hydrogen-bond donors (Lipinski definition) is 0. The predicted octanol–water partition coefficient (Wildman–Crippen LogP) is 2.47. The van der Waals surface area contributed by atoms with E-state index in [1.54, 1.807) is 0 Å². The highest BCUT2D eigenvalue weighted by Gasteiger charge is 2.11. The molecule has 0 radical (unpaired) electrons. The Hall–Kier alpha value is 0.700. The van der Waals surface area contributed by atoms with Gasteiger partial charge in [0.25, 0.3) is 0 Å². The van der Waals surface area contributed by atoms with Gasteiger partial charge in [-0.05, 0) is 6.42 Å². The Kier molecular flexibility index (Phi) is 1.93. The van der Waals surface area contributed by atoms with E-state index >= 15 is 0 Å². The molecule has 2 atom stereocenters. The molecule has 2 heteroatoms. The van der Waals surface area contributed by atoms with Crippen molar-refractivity contribution in [3.05, 3.63) is 12.2 Å². The zero-order valence-electron chi connectivity index (χ0n) is 3.77. The summed E-state index contributed by atoms with van der Waals surface area (Å²) in [5, 5.41) is 0. The van der Waals surface area contributed by atoms with Crippen molar-refractivity contribution in [2.45, 2.75) is 16.1 Å². The lowest BCUT2D eigenvalue weighted by Gasteiger charge is -1.94. The fourth-order valence-corrected chi connectivity index (χ4v) is 2.27. The van der Waals surface area contributed by atoms with Crippen molar-refractivity contribution in [1.82, 2.24) is 0 Å². The van der Waals surface area contributed by atoms with E-state index in [0.29, 0.717) is 9.65 Å². The molecule has 1 aliphatic carbocycles. The second-order valence-electron chi connectivity index (χ2n) is 1.65. The Morgan fingerprint density at radius 2 is 1.57 bits per heavy atom. The summed E-state index contributed by atoms with van der Waals surface area (Å²) in [4.78, 5) is 1.22. The van der Waals surface area contributed by atoms with Gasteiger partial charge in [0.05, 0.1) is 0 Å². The van der Waals surface area contributed by atoms with E-state index in [4.69, 9.17) is 0 Å². The summed E-state index contributed by atoms with van der Waals surface area (Å²) in [5.41, 5.74) is 0. The molecular weight excluding hydrogens is 220 g/mol. The summed E-state index contributed by atoms with van der Waals surface area (Å²) in [7, 11) is 0. The van der Waals surface area contributed by atoms with Gasteiger partial charge >= 0.3 is 0 Å². The molecule has 0 saturated heterocycles. The van der Waals surface area contributed by atoms with Crippen molar-refractivity contribution in [2.24, 2.45) is 0 Å². The minimum atomic E-state index is 0.608. The van der Waals surface area contributed by atoms with Gasteiger partial charge in [0.15, 0.2) is 0 Å². The summed E-state index contributed by atoms with van der Waals surface area (Å²) >= 11 is 6.92. The van der Waals surface area contributed by atoms with Crippen LogP contribution in [0.3, 0.4) is 0 Å². The molecule has 1 rings (SSSR count). The van der Waals surface area contributed by atoms with Crippen LogP contribution in [0.1, 0.15) is 6.42 Å². The molecule has 7 heavy (non-hydrogen) atoms. The summed E-state index contributed by atoms with van der Waals surface area (Å²) in [6.45, 7) is 0. The van der Waals surface area contributed by atoms with Crippen molar-refractivity contribution in [1.29, 1.82) is 0 Å². The van der Waals surface area contributed by atoms with Gasteiger partial charge in [-0.15, -0.1) is 0 Å². The van der Waals surface area contributed by atoms with Crippen LogP contribution in [0.25, 0.3) is 0 Å². The Labute approximate surface area is 60.2 Å². The molecule has 0 fully saturated rings. The van der Waals surface area contributed by atoms with Crippen LogP contribution >= 0.6 is 31.9 Å². The molecule has 0 heterocycles. The largest absolute Gasteiger partial charge is 0.0845 e. The molecule has 0 N–H and O–H groups in total. The quantitative estimate of drug-likeness (QED) is 0.439. The third kappa shape index (κ3) is 1.57. The van der Waals surface area contributed by atoms with Crippen molar-refractivity contribution in [3.63, 3.8) is 0 Å². The summed E-state index contributed by atoms with van der Waals surface area (Å²) in [6.07, 6.45) is 5.53. The molecule has 40 valence electrons. The van der Waals surface area contributed by atoms with Crippen molar-refractivity contribution < 1.29 is 0 Å². The highest BCUT2D eigenvalue weighted by molar-refractivity contribution is 9.10. The van der Waals surface area contributed by atoms with Gasteiger partial charge in [-0.25, -0.2) is 0 Å². The maximum atomic E-state index is 3.46. The molecule has 0 bridgehead atoms. The van der Waals surface area contributed by atoms with Crippen LogP contribution in [0.15, 0.2) is 12.2 Å². The second-order valence-corrected chi connectivity index (χ2v) is 4.00. The van der Waals surface area contributed by atoms with Crippen LogP contribution in [0.4, 0.5) is 0 Å². The standard InChI is InChI=1S/C5H6Br2/c6-4-1-2-5(7)3-4/h1-2,4-5H,3H2/t4-,5+. The number of alkyl halides is 2. The van der Waals surface area contributed by atoms with Crippen molar-refractivity contribution >= 4 is 31.9 Å². The molecular formula is C5H6Br2. The van der Waals surface area contributed by atoms with Crippen molar-refractivity contribution in [3.8, 4) is 0 Å². The van der Waals surface area contributed by atoms with Gasteiger partial charge in [0, 0.05) is 9.65 Å². The van der Waals surface area contributed by atoms with Gasteiger partial charge in [0.1, 0.15) is 0 Å². The van der Waals surface area contributed by atoms with E-state index in [2.05, 4.69) is 44.0 Å². The second kappa shape index (κ2) is 2.31. The minimum Gasteiger partial charge on any atom is -0.0845 e. The fourth-order valence-electron chi connectivity index (χ4n) is 0.613. The first-order valence-corrected chi connectivity index (χ1v) is 4.08. The van der Waals surface area contributed by atoms with Crippen molar-refractivity contribution in [2.75, 3.05) is 0 Å². The zero-order chi connectivity index (χ0) is 5.28. The lowest BCUT2D eigenvalue weighted by Crippen LogP contribution is -1.90. The number of rotatable bonds is 0. The van der Waals surface area contributed by atoms with Crippen LogP contribution < -0.4 is 0 Å². The first-order chi connectivity index (χ1) is 3.29. The molecule has 0 nitrogen and oxygen atoms in total. The third-order valence-electron chi connectivity index (χ3n) is 0.979. The molecule has 1 aliphatic rings. The lowest BCUT2D eigenvalue weighted by atomic mass is 10.4. The van der Waals surface area contributed by atoms with Crippen LogP contribution in [0, 0.1) is 0 Å². The van der Waals surface area contributed by atoms with E-state index in [1.807, 2.05) is 0 Å². The Morgan fingerprint density at radius 1 is 1.14 bits per heavy atom. The molecule has 0 aliphatic heterocycles. The summed E-state index contributed by atoms with van der Waals surface area (Å²) in [5.74, 6) is 0. The van der Waals surface area contributed by atoms with Crippen LogP contribution in [0.2, 0.25) is 0 Å². The maximum Gasteiger partial charge on any atom is 0.0339 e. The Balaban J connectivity index is 2.42. The van der Waals surface area contributed by atoms with E-state index in [9.17, 15) is 0 Å². The highest BCUT2D eigenvalue weighted by Crippen LogP contribution is 2.22. The van der Waals surface area contributed by atoms with Crippen LogP contribution in [-0.2, 0) is 0 Å². The van der Waals surface area contributed by atoms with Gasteiger partial charge in [0.2, 0.25) is 0 Å². The molecule has 0 unspecified atom stereocenters. The average molecular weight is 226 g/mol. The van der Waals surface area contributed by atoms with E-state index in [0.717, 1.165) is 0 Å². The SMILES string of the molecule is Br[C@@H]1C=C[C@H](Br)C1. The number of hydrogen-bond acceptors (Lipinski definition) is 0. The van der Waals surface area contributed by atoms with E-state index in [1.165, 1.54) is 6.42 Å². The number of halogens is 2. The highest BCUT2D eigenvalue weighted by atomic mass is 79.9. The number of allylic oxidation sites excluding steroid dienone is 2. The lowest BCUT2D eigenvalue weighted by molar-refractivity contribution is 0.982. The molecule has 0 aromatic carbocycles. The summed E-state index contributed by atoms with van der Waals surface area (Å²) < 4.78 is 0. The maximum absolute atomic E-state index is 3.46. The van der Waals surface area contributed by atoms with Gasteiger partial charge in [-0.3, -0.25) is 0 Å². The molecule has 0 spiro atoms. The first kappa shape index (κ1) is 5.83. The topological polar surface area (TPSA) is 0 Å². The van der Waals surface area contributed by atoms with Gasteiger partial charge in [-0.1, -0.05) is 44.0 Å². The normalized spacial score (nSPS) is 39.7. The van der Waals surface area contributed by atoms with Gasteiger partial charge in [-0.2, -0.15) is 0 Å². The Morgan fingerprint density at radius 3 is 1.71 bits per heavy atom.